The number of anilines is 1. The van der Waals surface area contributed by atoms with Crippen LogP contribution in [0.5, 0.6) is 0 Å². The van der Waals surface area contributed by atoms with Crippen LogP contribution in [0.15, 0.2) is 24.3 Å². The minimum atomic E-state index is -0.803. The van der Waals surface area contributed by atoms with Crippen LogP contribution in [0.25, 0.3) is 0 Å². The van der Waals surface area contributed by atoms with E-state index in [4.69, 9.17) is 5.11 Å². The third kappa shape index (κ3) is 4.57. The summed E-state index contributed by atoms with van der Waals surface area (Å²) in [6.45, 7) is 3.83. The minimum absolute atomic E-state index is 0.00355. The fourth-order valence-electron chi connectivity index (χ4n) is 1.73. The van der Waals surface area contributed by atoms with Gasteiger partial charge in [-0.15, -0.1) is 0 Å². The standard InChI is InChI=1S/C14H19NO3/c1-3-4-13(16)15-12-7-5-11(6-8-12)10(2)9-14(17)18/h5-8,10H,3-4,9H2,1-2H3,(H,15,16)(H,17,18). The Balaban J connectivity index is 2.62. The van der Waals surface area contributed by atoms with Crippen LogP contribution in [0.3, 0.4) is 0 Å². The number of carbonyl (C=O) groups is 2. The van der Waals surface area contributed by atoms with Crippen LogP contribution in [0, 0.1) is 0 Å². The van der Waals surface area contributed by atoms with E-state index in [2.05, 4.69) is 5.32 Å². The van der Waals surface area contributed by atoms with Gasteiger partial charge in [0, 0.05) is 12.1 Å². The first kappa shape index (κ1) is 14.2. The highest BCUT2D eigenvalue weighted by Gasteiger charge is 2.10. The van der Waals surface area contributed by atoms with E-state index in [-0.39, 0.29) is 18.2 Å². The van der Waals surface area contributed by atoms with Crippen LogP contribution in [-0.4, -0.2) is 17.0 Å². The smallest absolute Gasteiger partial charge is 0.303 e. The summed E-state index contributed by atoms with van der Waals surface area (Å²) in [5.74, 6) is -0.824. The largest absolute Gasteiger partial charge is 0.481 e. The lowest BCUT2D eigenvalue weighted by Crippen LogP contribution is -2.10. The van der Waals surface area contributed by atoms with Gasteiger partial charge in [0.2, 0.25) is 5.91 Å². The third-order valence-corrected chi connectivity index (χ3v) is 2.72. The summed E-state index contributed by atoms with van der Waals surface area (Å²) in [4.78, 5) is 22.0. The Morgan fingerprint density at radius 2 is 1.89 bits per heavy atom. The van der Waals surface area contributed by atoms with Gasteiger partial charge in [0.25, 0.3) is 0 Å². The van der Waals surface area contributed by atoms with Gasteiger partial charge >= 0.3 is 5.97 Å². The molecule has 0 saturated carbocycles. The van der Waals surface area contributed by atoms with Crippen LogP contribution < -0.4 is 5.32 Å². The zero-order valence-corrected chi connectivity index (χ0v) is 10.8. The molecular weight excluding hydrogens is 230 g/mol. The summed E-state index contributed by atoms with van der Waals surface area (Å²) in [5, 5.41) is 11.5. The molecule has 0 aliphatic heterocycles. The van der Waals surface area contributed by atoms with Crippen molar-refractivity contribution in [3.8, 4) is 0 Å². The molecule has 0 heterocycles. The number of aliphatic carboxylic acids is 1. The molecule has 0 saturated heterocycles. The maximum absolute atomic E-state index is 11.4. The molecule has 0 bridgehead atoms. The van der Waals surface area contributed by atoms with Crippen LogP contribution >= 0.6 is 0 Å². The molecule has 18 heavy (non-hydrogen) atoms. The molecule has 1 aromatic carbocycles. The maximum Gasteiger partial charge on any atom is 0.303 e. The first-order chi connectivity index (χ1) is 8.52. The number of nitrogens with one attached hydrogen (secondary N) is 1. The summed E-state index contributed by atoms with van der Waals surface area (Å²) in [7, 11) is 0. The van der Waals surface area contributed by atoms with E-state index < -0.39 is 5.97 Å². The van der Waals surface area contributed by atoms with E-state index in [9.17, 15) is 9.59 Å². The van der Waals surface area contributed by atoms with Crippen molar-refractivity contribution >= 4 is 17.6 Å². The number of benzene rings is 1. The Labute approximate surface area is 107 Å². The number of hydrogen-bond acceptors (Lipinski definition) is 2. The van der Waals surface area contributed by atoms with Crippen LogP contribution in [0.1, 0.15) is 44.6 Å². The monoisotopic (exact) mass is 249 g/mol. The van der Waals surface area contributed by atoms with Crippen LogP contribution in [0.2, 0.25) is 0 Å². The van der Waals surface area contributed by atoms with Crippen LogP contribution in [0.4, 0.5) is 5.69 Å². The van der Waals surface area contributed by atoms with Gasteiger partial charge in [0.05, 0.1) is 6.42 Å². The predicted molar refractivity (Wildman–Crippen MR) is 70.6 cm³/mol. The molecule has 2 N–H and O–H groups in total. The van der Waals surface area contributed by atoms with Gasteiger partial charge < -0.3 is 10.4 Å². The Morgan fingerprint density at radius 1 is 1.28 bits per heavy atom. The van der Waals surface area contributed by atoms with E-state index >= 15 is 0 Å². The molecule has 4 heteroatoms. The summed E-state index contributed by atoms with van der Waals surface area (Å²) in [5.41, 5.74) is 1.71. The van der Waals surface area contributed by atoms with E-state index in [1.165, 1.54) is 0 Å². The van der Waals surface area contributed by atoms with E-state index in [1.54, 1.807) is 12.1 Å². The molecule has 0 fully saturated rings. The van der Waals surface area contributed by atoms with Gasteiger partial charge in [-0.25, -0.2) is 0 Å². The molecule has 1 amide bonds. The molecule has 4 nitrogen and oxygen atoms in total. The Kier molecular flexibility index (Phi) is 5.36. The van der Waals surface area contributed by atoms with Crippen molar-refractivity contribution in [2.24, 2.45) is 0 Å². The first-order valence-electron chi connectivity index (χ1n) is 6.14. The molecule has 0 aliphatic carbocycles. The highest BCUT2D eigenvalue weighted by Crippen LogP contribution is 2.21. The van der Waals surface area contributed by atoms with Crippen molar-refractivity contribution in [1.29, 1.82) is 0 Å². The number of carboxylic acid groups (broad SMARTS) is 1. The first-order valence-corrected chi connectivity index (χ1v) is 6.14. The van der Waals surface area contributed by atoms with Crippen molar-refractivity contribution in [2.75, 3.05) is 5.32 Å². The Morgan fingerprint density at radius 3 is 2.39 bits per heavy atom. The maximum atomic E-state index is 11.4. The van der Waals surface area contributed by atoms with Gasteiger partial charge in [-0.2, -0.15) is 0 Å². The highest BCUT2D eigenvalue weighted by molar-refractivity contribution is 5.90. The fourth-order valence-corrected chi connectivity index (χ4v) is 1.73. The zero-order valence-electron chi connectivity index (χ0n) is 10.8. The van der Waals surface area contributed by atoms with Gasteiger partial charge in [-0.05, 0) is 30.0 Å². The number of carboxylic acids is 1. The van der Waals surface area contributed by atoms with E-state index in [0.29, 0.717) is 6.42 Å². The average molecular weight is 249 g/mol. The lowest BCUT2D eigenvalue weighted by atomic mass is 9.98. The summed E-state index contributed by atoms with van der Waals surface area (Å²) in [6.07, 6.45) is 1.44. The molecule has 1 atom stereocenters. The third-order valence-electron chi connectivity index (χ3n) is 2.72. The van der Waals surface area contributed by atoms with Crippen molar-refractivity contribution in [3.63, 3.8) is 0 Å². The molecule has 0 spiro atoms. The number of hydrogen-bond donors (Lipinski definition) is 2. The van der Waals surface area contributed by atoms with E-state index in [0.717, 1.165) is 17.7 Å². The summed E-state index contributed by atoms with van der Waals surface area (Å²) < 4.78 is 0. The molecule has 0 radical (unpaired) electrons. The molecule has 98 valence electrons. The zero-order chi connectivity index (χ0) is 13.5. The topological polar surface area (TPSA) is 66.4 Å². The SMILES string of the molecule is CCCC(=O)Nc1ccc(C(C)CC(=O)O)cc1. The van der Waals surface area contributed by atoms with Crippen molar-refractivity contribution in [3.05, 3.63) is 29.8 Å². The van der Waals surface area contributed by atoms with Crippen molar-refractivity contribution < 1.29 is 14.7 Å². The average Bonchev–Trinajstić information content (AvgIpc) is 2.29. The second-order valence-electron chi connectivity index (χ2n) is 4.42. The summed E-state index contributed by atoms with van der Waals surface area (Å²) in [6, 6.07) is 7.33. The number of carbonyl (C=O) groups excluding carboxylic acids is 1. The molecule has 0 aromatic heterocycles. The lowest BCUT2D eigenvalue weighted by Gasteiger charge is -2.10. The highest BCUT2D eigenvalue weighted by atomic mass is 16.4. The van der Waals surface area contributed by atoms with Crippen molar-refractivity contribution in [2.45, 2.75) is 39.0 Å². The second kappa shape index (κ2) is 6.79. The van der Waals surface area contributed by atoms with E-state index in [1.807, 2.05) is 26.0 Å². The normalized spacial score (nSPS) is 11.9. The van der Waals surface area contributed by atoms with Gasteiger partial charge in [-0.3, -0.25) is 9.59 Å². The number of rotatable bonds is 6. The van der Waals surface area contributed by atoms with Crippen LogP contribution in [-0.2, 0) is 9.59 Å². The van der Waals surface area contributed by atoms with Crippen molar-refractivity contribution in [1.82, 2.24) is 0 Å². The van der Waals surface area contributed by atoms with Gasteiger partial charge in [-0.1, -0.05) is 26.0 Å². The molecule has 1 unspecified atom stereocenters. The fraction of sp³-hybridized carbons (Fsp3) is 0.429. The predicted octanol–water partition coefficient (Wildman–Crippen LogP) is 3.00. The van der Waals surface area contributed by atoms with Gasteiger partial charge in [0.1, 0.15) is 0 Å². The van der Waals surface area contributed by atoms with Gasteiger partial charge in [0.15, 0.2) is 0 Å². The molecule has 0 aliphatic rings. The summed E-state index contributed by atoms with van der Waals surface area (Å²) >= 11 is 0. The molecule has 1 aromatic rings. The lowest BCUT2D eigenvalue weighted by molar-refractivity contribution is -0.137. The second-order valence-corrected chi connectivity index (χ2v) is 4.42. The quantitative estimate of drug-likeness (QED) is 0.814. The Bertz CT molecular complexity index is 412. The molecular formula is C14H19NO3. The Hall–Kier alpha value is -1.84. The molecule has 1 rings (SSSR count). The number of amides is 1. The minimum Gasteiger partial charge on any atom is -0.481 e.